The molecule has 1 aromatic carbocycles. The monoisotopic (exact) mass is 185 g/mol. The van der Waals surface area contributed by atoms with Crippen LogP contribution in [0.4, 0.5) is 0 Å². The van der Waals surface area contributed by atoms with E-state index < -0.39 is 0 Å². The van der Waals surface area contributed by atoms with E-state index >= 15 is 0 Å². The molecule has 0 spiro atoms. The molecule has 0 heterocycles. The van der Waals surface area contributed by atoms with Crippen LogP contribution in [0.15, 0.2) is 18.2 Å². The Kier molecular flexibility index (Phi) is 2.95. The Morgan fingerprint density at radius 1 is 1.50 bits per heavy atom. The molecule has 0 saturated heterocycles. The summed E-state index contributed by atoms with van der Waals surface area (Å²) in [4.78, 5) is 0. The molecule has 2 nitrogen and oxygen atoms in total. The molecule has 0 fully saturated rings. The Labute approximate surface area is 77.2 Å². The largest absolute Gasteiger partial charge is 0.508 e. The Morgan fingerprint density at radius 3 is 2.67 bits per heavy atom. The minimum Gasteiger partial charge on any atom is -0.508 e. The minimum absolute atomic E-state index is 0.201. The zero-order chi connectivity index (χ0) is 9.14. The molecule has 0 saturated carbocycles. The molecule has 1 atom stereocenters. The lowest BCUT2D eigenvalue weighted by Crippen LogP contribution is -2.12. The average molecular weight is 186 g/mol. The van der Waals surface area contributed by atoms with Crippen molar-refractivity contribution in [2.75, 3.05) is 7.05 Å². The summed E-state index contributed by atoms with van der Waals surface area (Å²) in [5.41, 5.74) is 0.997. The SMILES string of the molecule is CN[C@H](C)c1ccc(O)cc1Cl. The first-order chi connectivity index (χ1) is 5.65. The fourth-order valence-corrected chi connectivity index (χ4v) is 1.36. The predicted molar refractivity (Wildman–Crippen MR) is 50.6 cm³/mol. The zero-order valence-electron chi connectivity index (χ0n) is 7.13. The molecule has 0 amide bonds. The summed E-state index contributed by atoms with van der Waals surface area (Å²) in [6, 6.07) is 5.21. The first-order valence-corrected chi connectivity index (χ1v) is 4.18. The van der Waals surface area contributed by atoms with Gasteiger partial charge in [0.15, 0.2) is 0 Å². The van der Waals surface area contributed by atoms with Crippen molar-refractivity contribution in [2.45, 2.75) is 13.0 Å². The average Bonchev–Trinajstić information content (AvgIpc) is 2.03. The lowest BCUT2D eigenvalue weighted by molar-refractivity contribution is 0.474. The van der Waals surface area contributed by atoms with Gasteiger partial charge in [-0.2, -0.15) is 0 Å². The van der Waals surface area contributed by atoms with Crippen LogP contribution in [-0.4, -0.2) is 12.2 Å². The van der Waals surface area contributed by atoms with E-state index in [-0.39, 0.29) is 11.8 Å². The van der Waals surface area contributed by atoms with Crippen molar-refractivity contribution >= 4 is 11.6 Å². The van der Waals surface area contributed by atoms with Crippen LogP contribution >= 0.6 is 11.6 Å². The highest BCUT2D eigenvalue weighted by atomic mass is 35.5. The third kappa shape index (κ3) is 1.90. The fourth-order valence-electron chi connectivity index (χ4n) is 1.02. The topological polar surface area (TPSA) is 32.3 Å². The Hall–Kier alpha value is -0.730. The van der Waals surface area contributed by atoms with Gasteiger partial charge >= 0.3 is 0 Å². The Balaban J connectivity index is 3.01. The van der Waals surface area contributed by atoms with Crippen molar-refractivity contribution in [3.63, 3.8) is 0 Å². The second kappa shape index (κ2) is 3.78. The molecule has 0 aliphatic carbocycles. The van der Waals surface area contributed by atoms with Crippen LogP contribution in [0.5, 0.6) is 5.75 Å². The Morgan fingerprint density at radius 2 is 2.17 bits per heavy atom. The van der Waals surface area contributed by atoms with E-state index in [1.54, 1.807) is 12.1 Å². The molecule has 1 rings (SSSR count). The highest BCUT2D eigenvalue weighted by Gasteiger charge is 2.06. The van der Waals surface area contributed by atoms with Gasteiger partial charge in [-0.3, -0.25) is 0 Å². The number of phenolic OH excluding ortho intramolecular Hbond substituents is 1. The van der Waals surface area contributed by atoms with Gasteiger partial charge in [-0.05, 0) is 31.7 Å². The maximum Gasteiger partial charge on any atom is 0.117 e. The quantitative estimate of drug-likeness (QED) is 0.741. The van der Waals surface area contributed by atoms with Crippen molar-refractivity contribution in [1.82, 2.24) is 5.32 Å². The van der Waals surface area contributed by atoms with Gasteiger partial charge in [0.2, 0.25) is 0 Å². The second-order valence-corrected chi connectivity index (χ2v) is 3.12. The van der Waals surface area contributed by atoms with Crippen LogP contribution in [0.1, 0.15) is 18.5 Å². The molecule has 0 bridgehead atoms. The Bertz CT molecular complexity index is 275. The molecule has 0 aliphatic rings. The summed E-state index contributed by atoms with van der Waals surface area (Å²) in [5, 5.41) is 12.8. The van der Waals surface area contributed by atoms with Gasteiger partial charge in [0.05, 0.1) is 0 Å². The van der Waals surface area contributed by atoms with Crippen molar-refractivity contribution in [3.05, 3.63) is 28.8 Å². The summed E-state index contributed by atoms with van der Waals surface area (Å²) < 4.78 is 0. The van der Waals surface area contributed by atoms with E-state index in [4.69, 9.17) is 16.7 Å². The van der Waals surface area contributed by atoms with Gasteiger partial charge in [-0.1, -0.05) is 17.7 Å². The van der Waals surface area contributed by atoms with E-state index in [2.05, 4.69) is 5.32 Å². The van der Waals surface area contributed by atoms with Gasteiger partial charge in [-0.25, -0.2) is 0 Å². The van der Waals surface area contributed by atoms with Crippen LogP contribution in [0.2, 0.25) is 5.02 Å². The molecule has 0 aromatic heterocycles. The first-order valence-electron chi connectivity index (χ1n) is 3.81. The van der Waals surface area contributed by atoms with Crippen molar-refractivity contribution in [1.29, 1.82) is 0 Å². The third-order valence-electron chi connectivity index (χ3n) is 1.88. The number of halogens is 1. The second-order valence-electron chi connectivity index (χ2n) is 2.72. The van der Waals surface area contributed by atoms with Crippen LogP contribution in [-0.2, 0) is 0 Å². The van der Waals surface area contributed by atoms with Gasteiger partial charge in [0.1, 0.15) is 5.75 Å². The predicted octanol–water partition coefficient (Wildman–Crippen LogP) is 2.33. The smallest absolute Gasteiger partial charge is 0.117 e. The van der Waals surface area contributed by atoms with Crippen LogP contribution in [0, 0.1) is 0 Å². The number of benzene rings is 1. The van der Waals surface area contributed by atoms with Crippen molar-refractivity contribution < 1.29 is 5.11 Å². The highest BCUT2D eigenvalue weighted by Crippen LogP contribution is 2.26. The fraction of sp³-hybridized carbons (Fsp3) is 0.333. The number of nitrogens with one attached hydrogen (secondary N) is 1. The molecule has 3 heteroatoms. The molecule has 12 heavy (non-hydrogen) atoms. The van der Waals surface area contributed by atoms with E-state index in [1.165, 1.54) is 0 Å². The summed E-state index contributed by atoms with van der Waals surface area (Å²) in [6.45, 7) is 2.01. The number of hydrogen-bond donors (Lipinski definition) is 2. The number of hydrogen-bond acceptors (Lipinski definition) is 2. The van der Waals surface area contributed by atoms with E-state index in [1.807, 2.05) is 20.0 Å². The van der Waals surface area contributed by atoms with Crippen molar-refractivity contribution in [3.8, 4) is 5.75 Å². The molecule has 0 aliphatic heterocycles. The van der Waals surface area contributed by atoms with Crippen LogP contribution < -0.4 is 5.32 Å². The standard InChI is InChI=1S/C9H12ClNO/c1-6(11-2)8-4-3-7(12)5-9(8)10/h3-6,11-12H,1-2H3/t6-/m1/s1. The van der Waals surface area contributed by atoms with Gasteiger partial charge in [-0.15, -0.1) is 0 Å². The van der Waals surface area contributed by atoms with E-state index in [9.17, 15) is 0 Å². The number of aromatic hydroxyl groups is 1. The van der Waals surface area contributed by atoms with Gasteiger partial charge in [0.25, 0.3) is 0 Å². The van der Waals surface area contributed by atoms with Gasteiger partial charge in [0, 0.05) is 11.1 Å². The molecule has 0 radical (unpaired) electrons. The lowest BCUT2D eigenvalue weighted by atomic mass is 10.1. The number of phenols is 1. The zero-order valence-corrected chi connectivity index (χ0v) is 7.89. The highest BCUT2D eigenvalue weighted by molar-refractivity contribution is 6.31. The molecule has 2 N–H and O–H groups in total. The van der Waals surface area contributed by atoms with Crippen molar-refractivity contribution in [2.24, 2.45) is 0 Å². The summed E-state index contributed by atoms with van der Waals surface area (Å²) in [6.07, 6.45) is 0. The third-order valence-corrected chi connectivity index (χ3v) is 2.21. The maximum atomic E-state index is 9.09. The normalized spacial score (nSPS) is 12.9. The molecule has 1 aromatic rings. The molecular formula is C9H12ClNO. The summed E-state index contributed by atoms with van der Waals surface area (Å²) in [5.74, 6) is 0.201. The van der Waals surface area contributed by atoms with E-state index in [0.29, 0.717) is 5.02 Å². The van der Waals surface area contributed by atoms with Crippen LogP contribution in [0.25, 0.3) is 0 Å². The van der Waals surface area contributed by atoms with Crippen LogP contribution in [0.3, 0.4) is 0 Å². The molecular weight excluding hydrogens is 174 g/mol. The number of rotatable bonds is 2. The first kappa shape index (κ1) is 9.36. The summed E-state index contributed by atoms with van der Waals surface area (Å²) in [7, 11) is 1.87. The van der Waals surface area contributed by atoms with Gasteiger partial charge < -0.3 is 10.4 Å². The molecule has 0 unspecified atom stereocenters. The maximum absolute atomic E-state index is 9.09. The lowest BCUT2D eigenvalue weighted by Gasteiger charge is -2.12. The minimum atomic E-state index is 0.201. The molecule has 66 valence electrons. The summed E-state index contributed by atoms with van der Waals surface area (Å²) >= 11 is 5.90. The van der Waals surface area contributed by atoms with E-state index in [0.717, 1.165) is 5.56 Å².